The number of benzene rings is 2. The summed E-state index contributed by atoms with van der Waals surface area (Å²) in [4.78, 5) is 26.8. The fourth-order valence-corrected chi connectivity index (χ4v) is 6.53. The third-order valence-electron chi connectivity index (χ3n) is 8.02. The summed E-state index contributed by atoms with van der Waals surface area (Å²) in [5, 5.41) is 7.60. The van der Waals surface area contributed by atoms with Gasteiger partial charge < -0.3 is 20.1 Å². The average Bonchev–Trinajstić information content (AvgIpc) is 3.31. The van der Waals surface area contributed by atoms with Crippen molar-refractivity contribution in [2.45, 2.75) is 52.6 Å². The van der Waals surface area contributed by atoms with Crippen molar-refractivity contribution in [1.29, 1.82) is 0 Å². The maximum Gasteiger partial charge on any atom is 0.336 e. The second-order valence-electron chi connectivity index (χ2n) is 10.6. The molecule has 198 valence electrons. The molecule has 1 aliphatic carbocycles. The molecule has 2 heterocycles. The van der Waals surface area contributed by atoms with E-state index in [9.17, 15) is 9.59 Å². The zero-order chi connectivity index (χ0) is 26.9. The molecule has 1 aromatic heterocycles. The van der Waals surface area contributed by atoms with Crippen molar-refractivity contribution in [3.8, 4) is 11.5 Å². The number of rotatable bonds is 7. The summed E-state index contributed by atoms with van der Waals surface area (Å²) in [6, 6.07) is 14.6. The highest BCUT2D eigenvalue weighted by molar-refractivity contribution is 7.16. The van der Waals surface area contributed by atoms with E-state index in [0.717, 1.165) is 53.1 Å². The van der Waals surface area contributed by atoms with Crippen LogP contribution in [0.2, 0.25) is 0 Å². The number of ether oxygens (including phenoxy) is 2. The van der Waals surface area contributed by atoms with E-state index in [2.05, 4.69) is 31.4 Å². The maximum absolute atomic E-state index is 13.1. The van der Waals surface area contributed by atoms with Gasteiger partial charge in [-0.3, -0.25) is 4.79 Å². The molecule has 6 nitrogen and oxygen atoms in total. The summed E-state index contributed by atoms with van der Waals surface area (Å²) >= 11 is 1.73. The number of carbonyl (C=O) groups is 2. The van der Waals surface area contributed by atoms with Crippen molar-refractivity contribution in [3.63, 3.8) is 0 Å². The highest BCUT2D eigenvalue weighted by atomic mass is 32.1. The fourth-order valence-electron chi connectivity index (χ4n) is 5.18. The number of thiophene rings is 1. The predicted octanol–water partition coefficient (Wildman–Crippen LogP) is 6.77. The molecule has 2 N–H and O–H groups in total. The van der Waals surface area contributed by atoms with Crippen LogP contribution in [0.1, 0.15) is 71.7 Å². The first-order valence-electron chi connectivity index (χ1n) is 13.1. The molecule has 3 aromatic rings. The van der Waals surface area contributed by atoms with Gasteiger partial charge in [-0.1, -0.05) is 51.5 Å². The minimum absolute atomic E-state index is 0.0198. The van der Waals surface area contributed by atoms with Gasteiger partial charge in [0, 0.05) is 11.0 Å². The molecule has 7 heteroatoms. The Balaban J connectivity index is 1.23. The van der Waals surface area contributed by atoms with Gasteiger partial charge in [-0.05, 0) is 77.6 Å². The van der Waals surface area contributed by atoms with Crippen LogP contribution in [0.4, 0.5) is 5.00 Å². The van der Waals surface area contributed by atoms with Gasteiger partial charge in [-0.15, -0.1) is 11.3 Å². The van der Waals surface area contributed by atoms with Crippen molar-refractivity contribution in [2.75, 3.05) is 12.4 Å². The Morgan fingerprint density at radius 1 is 1.08 bits per heavy atom. The zero-order valence-electron chi connectivity index (χ0n) is 22.3. The van der Waals surface area contributed by atoms with E-state index in [4.69, 9.17) is 9.47 Å². The van der Waals surface area contributed by atoms with Crippen LogP contribution in [0.5, 0.6) is 11.5 Å². The molecule has 38 heavy (non-hydrogen) atoms. The van der Waals surface area contributed by atoms with Gasteiger partial charge in [0.2, 0.25) is 0 Å². The number of amides is 1. The van der Waals surface area contributed by atoms with Crippen LogP contribution < -0.4 is 20.1 Å². The highest BCUT2D eigenvalue weighted by Crippen LogP contribution is 2.47. The van der Waals surface area contributed by atoms with E-state index >= 15 is 0 Å². The first kappa shape index (κ1) is 26.0. The minimum atomic E-state index is -0.462. The van der Waals surface area contributed by atoms with E-state index in [1.165, 1.54) is 16.5 Å². The van der Waals surface area contributed by atoms with Crippen LogP contribution in [-0.2, 0) is 17.6 Å². The lowest BCUT2D eigenvalue weighted by molar-refractivity contribution is -0.128. The summed E-state index contributed by atoms with van der Waals surface area (Å²) in [7, 11) is 1.61. The molecular weight excluding hydrogens is 496 g/mol. The normalized spacial score (nSPS) is 18.8. The quantitative estimate of drug-likeness (QED) is 0.200. The molecule has 2 aromatic carbocycles. The molecule has 0 fully saturated rings. The van der Waals surface area contributed by atoms with Gasteiger partial charge in [-0.25, -0.2) is 4.79 Å². The molecule has 0 saturated carbocycles. The average molecular weight is 531 g/mol. The van der Waals surface area contributed by atoms with Crippen molar-refractivity contribution >= 4 is 34.3 Å². The SMILES string of the molecule is CCC(C)(C)C1CCc2c(sc3c2C(=O)NC(c2ccc(OC(=O)C=Cc4ccc(OC)cc4)cc2)N3)C1. The Morgan fingerprint density at radius 3 is 2.47 bits per heavy atom. The first-order valence-corrected chi connectivity index (χ1v) is 13.9. The third kappa shape index (κ3) is 5.34. The molecule has 1 amide bonds. The van der Waals surface area contributed by atoms with Crippen LogP contribution in [0, 0.1) is 11.3 Å². The minimum Gasteiger partial charge on any atom is -0.497 e. The summed E-state index contributed by atoms with van der Waals surface area (Å²) in [6.07, 6.45) is 7.04. The molecule has 2 unspecified atom stereocenters. The fraction of sp³-hybridized carbons (Fsp3) is 0.355. The molecular formula is C31H34N2O4S. The second-order valence-corrected chi connectivity index (χ2v) is 11.7. The third-order valence-corrected chi connectivity index (χ3v) is 9.20. The van der Waals surface area contributed by atoms with Crippen molar-refractivity contribution < 1.29 is 19.1 Å². The Kier molecular flexibility index (Phi) is 7.30. The van der Waals surface area contributed by atoms with Crippen molar-refractivity contribution in [3.05, 3.63) is 81.7 Å². The first-order chi connectivity index (χ1) is 18.3. The number of methoxy groups -OCH3 is 1. The number of carbonyl (C=O) groups excluding carboxylic acids is 2. The number of esters is 1. The number of anilines is 1. The van der Waals surface area contributed by atoms with Crippen LogP contribution in [0.15, 0.2) is 54.6 Å². The zero-order valence-corrected chi connectivity index (χ0v) is 23.1. The Bertz CT molecular complexity index is 1360. The molecule has 0 saturated heterocycles. The molecule has 0 bridgehead atoms. The number of fused-ring (bicyclic) bond motifs is 3. The molecule has 0 spiro atoms. The van der Waals surface area contributed by atoms with Gasteiger partial charge >= 0.3 is 5.97 Å². The van der Waals surface area contributed by atoms with Gasteiger partial charge in [0.05, 0.1) is 12.7 Å². The predicted molar refractivity (Wildman–Crippen MR) is 152 cm³/mol. The summed E-state index contributed by atoms with van der Waals surface area (Å²) in [5.74, 6) is 1.36. The topological polar surface area (TPSA) is 76.7 Å². The van der Waals surface area contributed by atoms with Crippen LogP contribution in [-0.4, -0.2) is 19.0 Å². The Morgan fingerprint density at radius 2 is 1.79 bits per heavy atom. The Hall–Kier alpha value is -3.58. The van der Waals surface area contributed by atoms with Crippen LogP contribution >= 0.6 is 11.3 Å². The lowest BCUT2D eigenvalue weighted by Crippen LogP contribution is -2.38. The number of hydrogen-bond donors (Lipinski definition) is 2. The van der Waals surface area contributed by atoms with E-state index in [0.29, 0.717) is 17.1 Å². The standard InChI is InChI=1S/C31H34N2O4S/c1-5-31(2,3)21-11-16-24-25(18-21)38-30-27(24)29(35)32-28(33-30)20-9-14-23(15-10-20)37-26(34)17-8-19-6-12-22(36-4)13-7-19/h6-10,12-15,17,21,28,33H,5,11,16,18H2,1-4H3,(H,32,35). The summed E-state index contributed by atoms with van der Waals surface area (Å²) < 4.78 is 10.6. The van der Waals surface area contributed by atoms with Crippen molar-refractivity contribution in [2.24, 2.45) is 11.3 Å². The lowest BCUT2D eigenvalue weighted by Gasteiger charge is -2.36. The lowest BCUT2D eigenvalue weighted by atomic mass is 9.69. The largest absolute Gasteiger partial charge is 0.497 e. The van der Waals surface area contributed by atoms with E-state index < -0.39 is 5.97 Å². The Labute approximate surface area is 228 Å². The van der Waals surface area contributed by atoms with E-state index in [-0.39, 0.29) is 12.1 Å². The molecule has 0 radical (unpaired) electrons. The molecule has 5 rings (SSSR count). The van der Waals surface area contributed by atoms with E-state index in [1.807, 2.05) is 36.4 Å². The molecule has 2 atom stereocenters. The summed E-state index contributed by atoms with van der Waals surface area (Å²) in [6.45, 7) is 6.98. The van der Waals surface area contributed by atoms with Crippen LogP contribution in [0.25, 0.3) is 6.08 Å². The number of hydrogen-bond acceptors (Lipinski definition) is 6. The van der Waals surface area contributed by atoms with Gasteiger partial charge in [-0.2, -0.15) is 0 Å². The highest BCUT2D eigenvalue weighted by Gasteiger charge is 2.37. The van der Waals surface area contributed by atoms with Gasteiger partial charge in [0.1, 0.15) is 22.7 Å². The number of nitrogens with one attached hydrogen (secondary N) is 2. The smallest absolute Gasteiger partial charge is 0.336 e. The van der Waals surface area contributed by atoms with Gasteiger partial charge in [0.25, 0.3) is 5.91 Å². The molecule has 1 aliphatic heterocycles. The molecule has 2 aliphatic rings. The van der Waals surface area contributed by atoms with Gasteiger partial charge in [0.15, 0.2) is 0 Å². The monoisotopic (exact) mass is 530 g/mol. The maximum atomic E-state index is 13.1. The van der Waals surface area contributed by atoms with Crippen LogP contribution in [0.3, 0.4) is 0 Å². The van der Waals surface area contributed by atoms with E-state index in [1.54, 1.807) is 36.7 Å². The van der Waals surface area contributed by atoms with Crippen molar-refractivity contribution in [1.82, 2.24) is 5.32 Å². The second kappa shape index (κ2) is 10.7. The summed E-state index contributed by atoms with van der Waals surface area (Å²) in [5.41, 5.74) is 4.12.